The van der Waals surface area contributed by atoms with E-state index < -0.39 is 0 Å². The Bertz CT molecular complexity index is 2430. The predicted molar refractivity (Wildman–Crippen MR) is 175 cm³/mol. The summed E-state index contributed by atoms with van der Waals surface area (Å²) >= 11 is 0. The summed E-state index contributed by atoms with van der Waals surface area (Å²) in [6.07, 6.45) is 4.02. The normalized spacial score (nSPS) is 11.7. The summed E-state index contributed by atoms with van der Waals surface area (Å²) in [6, 6.07) is 48.7. The van der Waals surface area contributed by atoms with Crippen molar-refractivity contribution in [3.05, 3.63) is 152 Å². The molecule has 0 aliphatic carbocycles. The summed E-state index contributed by atoms with van der Waals surface area (Å²) in [5, 5.41) is 3.37. The second-order valence-electron chi connectivity index (χ2n) is 10.7. The maximum Gasteiger partial charge on any atom is 0.220 e. The number of imidazole rings is 1. The van der Waals surface area contributed by atoms with Gasteiger partial charge in [-0.3, -0.25) is 14.1 Å². The molecular weight excluding hydrogens is 526 g/mol. The fraction of sp³-hybridized carbons (Fsp3) is 0. The van der Waals surface area contributed by atoms with E-state index in [9.17, 15) is 0 Å². The van der Waals surface area contributed by atoms with Crippen LogP contribution in [0.5, 0.6) is 0 Å². The number of fused-ring (bicyclic) bond motifs is 7. The maximum absolute atomic E-state index is 5.16. The lowest BCUT2D eigenvalue weighted by Crippen LogP contribution is -2.07. The van der Waals surface area contributed by atoms with Crippen molar-refractivity contribution in [2.24, 2.45) is 0 Å². The first-order valence-corrected chi connectivity index (χ1v) is 14.4. The lowest BCUT2D eigenvalue weighted by Gasteiger charge is -2.15. The lowest BCUT2D eigenvalue weighted by molar-refractivity contribution is 0.941. The summed E-state index contributed by atoms with van der Waals surface area (Å²) < 4.78 is 6.94. The zero-order chi connectivity index (χ0) is 28.3. The molecule has 0 atom stereocenters. The summed E-state index contributed by atoms with van der Waals surface area (Å²) in [4.78, 5) is 10.3. The van der Waals surface area contributed by atoms with Crippen LogP contribution in [0.15, 0.2) is 152 Å². The molecule has 202 valence electrons. The van der Waals surface area contributed by atoms with Crippen LogP contribution in [0, 0.1) is 0 Å². The van der Waals surface area contributed by atoms with Gasteiger partial charge >= 0.3 is 0 Å². The lowest BCUT2D eigenvalue weighted by atomic mass is 10.1. The number of rotatable bonds is 4. The van der Waals surface area contributed by atoms with Gasteiger partial charge in [-0.1, -0.05) is 103 Å². The first kappa shape index (κ1) is 23.7. The molecule has 0 radical (unpaired) electrons. The molecule has 43 heavy (non-hydrogen) atoms. The van der Waals surface area contributed by atoms with Gasteiger partial charge in [-0.2, -0.15) is 0 Å². The van der Waals surface area contributed by atoms with Gasteiger partial charge < -0.3 is 4.57 Å². The van der Waals surface area contributed by atoms with Crippen molar-refractivity contribution in [3.63, 3.8) is 0 Å². The van der Waals surface area contributed by atoms with Crippen LogP contribution in [0.3, 0.4) is 0 Å². The molecule has 9 aromatic rings. The van der Waals surface area contributed by atoms with Crippen molar-refractivity contribution in [2.45, 2.75) is 0 Å². The van der Waals surface area contributed by atoms with E-state index in [0.717, 1.165) is 66.9 Å². The van der Waals surface area contributed by atoms with Gasteiger partial charge in [0.25, 0.3) is 0 Å². The van der Waals surface area contributed by atoms with E-state index >= 15 is 0 Å². The molecule has 0 unspecified atom stereocenters. The SMILES string of the molecule is c1ccc(-c2cnc(-n3c4ccccc4c4ncc5c6ccccc6n(-c6ccccc6)c5c43)n2-c2ccccc2)cc1. The summed E-state index contributed by atoms with van der Waals surface area (Å²) in [6.45, 7) is 0. The van der Waals surface area contributed by atoms with Gasteiger partial charge in [0.1, 0.15) is 5.52 Å². The van der Waals surface area contributed by atoms with Crippen molar-refractivity contribution in [1.82, 2.24) is 23.7 Å². The Morgan fingerprint density at radius 2 is 0.953 bits per heavy atom. The molecule has 0 spiro atoms. The Labute approximate surface area is 247 Å². The second-order valence-corrected chi connectivity index (χ2v) is 10.7. The number of pyridine rings is 1. The van der Waals surface area contributed by atoms with Gasteiger partial charge in [0, 0.05) is 39.3 Å². The minimum Gasteiger partial charge on any atom is -0.307 e. The fourth-order valence-corrected chi connectivity index (χ4v) is 6.53. The number of aromatic nitrogens is 5. The minimum atomic E-state index is 0.815. The second kappa shape index (κ2) is 9.29. The van der Waals surface area contributed by atoms with Crippen molar-refractivity contribution in [2.75, 3.05) is 0 Å². The third kappa shape index (κ3) is 3.45. The highest BCUT2D eigenvalue weighted by Crippen LogP contribution is 2.41. The number of hydrogen-bond donors (Lipinski definition) is 0. The molecular formula is C38H25N5. The highest BCUT2D eigenvalue weighted by Gasteiger charge is 2.25. The van der Waals surface area contributed by atoms with Crippen LogP contribution in [0.1, 0.15) is 0 Å². The van der Waals surface area contributed by atoms with Crippen molar-refractivity contribution in [1.29, 1.82) is 0 Å². The predicted octanol–water partition coefficient (Wildman–Crippen LogP) is 9.13. The highest BCUT2D eigenvalue weighted by atomic mass is 15.3. The van der Waals surface area contributed by atoms with Gasteiger partial charge in [-0.15, -0.1) is 0 Å². The molecule has 5 nitrogen and oxygen atoms in total. The Balaban J connectivity index is 1.51. The summed E-state index contributed by atoms with van der Waals surface area (Å²) in [5.41, 5.74) is 9.57. The van der Waals surface area contributed by atoms with E-state index in [2.05, 4.69) is 147 Å². The molecule has 5 aromatic carbocycles. The van der Waals surface area contributed by atoms with E-state index in [0.29, 0.717) is 0 Å². The van der Waals surface area contributed by atoms with Crippen molar-refractivity contribution in [3.8, 4) is 28.6 Å². The van der Waals surface area contributed by atoms with Gasteiger partial charge in [0.2, 0.25) is 5.95 Å². The molecule has 0 saturated heterocycles. The molecule has 9 rings (SSSR count). The third-order valence-electron chi connectivity index (χ3n) is 8.35. The Kier molecular flexibility index (Phi) is 5.13. The third-order valence-corrected chi connectivity index (χ3v) is 8.35. The van der Waals surface area contributed by atoms with Crippen LogP contribution in [0.2, 0.25) is 0 Å². The van der Waals surface area contributed by atoms with E-state index in [4.69, 9.17) is 9.97 Å². The quantitative estimate of drug-likeness (QED) is 0.219. The molecule has 0 N–H and O–H groups in total. The van der Waals surface area contributed by atoms with Crippen LogP contribution in [-0.2, 0) is 0 Å². The van der Waals surface area contributed by atoms with Crippen molar-refractivity contribution < 1.29 is 0 Å². The summed E-state index contributed by atoms with van der Waals surface area (Å²) in [5.74, 6) is 0.815. The van der Waals surface area contributed by atoms with E-state index in [1.165, 1.54) is 5.39 Å². The fourth-order valence-electron chi connectivity index (χ4n) is 6.53. The highest BCUT2D eigenvalue weighted by molar-refractivity contribution is 6.22. The van der Waals surface area contributed by atoms with Crippen LogP contribution in [0.4, 0.5) is 0 Å². The molecule has 5 heteroatoms. The largest absolute Gasteiger partial charge is 0.307 e. The van der Waals surface area contributed by atoms with Crippen LogP contribution in [-0.4, -0.2) is 23.7 Å². The molecule has 0 fully saturated rings. The first-order chi connectivity index (χ1) is 21.4. The number of benzene rings is 5. The minimum absolute atomic E-state index is 0.815. The Morgan fingerprint density at radius 3 is 1.65 bits per heavy atom. The monoisotopic (exact) mass is 551 g/mol. The van der Waals surface area contributed by atoms with Crippen LogP contribution >= 0.6 is 0 Å². The summed E-state index contributed by atoms with van der Waals surface area (Å²) in [7, 11) is 0. The maximum atomic E-state index is 5.16. The van der Waals surface area contributed by atoms with Gasteiger partial charge in [0.15, 0.2) is 0 Å². The van der Waals surface area contributed by atoms with E-state index in [1.807, 2.05) is 18.5 Å². The number of para-hydroxylation sites is 4. The number of hydrogen-bond acceptors (Lipinski definition) is 2. The number of nitrogens with zero attached hydrogens (tertiary/aromatic N) is 5. The average Bonchev–Trinajstić information content (AvgIpc) is 3.76. The van der Waals surface area contributed by atoms with Gasteiger partial charge in [-0.05, 0) is 36.4 Å². The van der Waals surface area contributed by atoms with E-state index in [-0.39, 0.29) is 0 Å². The van der Waals surface area contributed by atoms with Crippen molar-refractivity contribution >= 4 is 43.7 Å². The molecule has 0 aliphatic rings. The average molecular weight is 552 g/mol. The topological polar surface area (TPSA) is 40.6 Å². The van der Waals surface area contributed by atoms with E-state index in [1.54, 1.807) is 0 Å². The van der Waals surface area contributed by atoms with Gasteiger partial charge in [-0.25, -0.2) is 4.98 Å². The molecule has 0 amide bonds. The molecule has 0 aliphatic heterocycles. The molecule has 0 saturated carbocycles. The Hall–Kier alpha value is -5.94. The standard InChI is InChI=1S/C38H25N5/c1-4-14-26(15-5-1)34-25-40-38(42(34)28-18-8-3-9-19-28)43-33-23-13-11-21-30(33)35-37(43)36-31(24-39-35)29-20-10-12-22-32(29)41(36)27-16-6-2-7-17-27/h1-25H. The van der Waals surface area contributed by atoms with Crippen LogP contribution in [0.25, 0.3) is 72.3 Å². The molecule has 4 heterocycles. The van der Waals surface area contributed by atoms with Crippen LogP contribution < -0.4 is 0 Å². The molecule has 4 aromatic heterocycles. The smallest absolute Gasteiger partial charge is 0.220 e. The van der Waals surface area contributed by atoms with Gasteiger partial charge in [0.05, 0.1) is 34.0 Å². The first-order valence-electron chi connectivity index (χ1n) is 14.4. The zero-order valence-corrected chi connectivity index (χ0v) is 23.2. The Morgan fingerprint density at radius 1 is 0.395 bits per heavy atom. The molecule has 0 bridgehead atoms. The zero-order valence-electron chi connectivity index (χ0n) is 23.2.